The summed E-state index contributed by atoms with van der Waals surface area (Å²) < 4.78 is 4.90. The summed E-state index contributed by atoms with van der Waals surface area (Å²) in [7, 11) is 1.32. The van der Waals surface area contributed by atoms with Crippen molar-refractivity contribution in [1.29, 1.82) is 0 Å². The van der Waals surface area contributed by atoms with E-state index in [1.54, 1.807) is 4.90 Å². The summed E-state index contributed by atoms with van der Waals surface area (Å²) in [6.45, 7) is 1.31. The van der Waals surface area contributed by atoms with E-state index in [1.807, 2.05) is 0 Å². The molecule has 1 aromatic carbocycles. The topological polar surface area (TPSA) is 102 Å². The second-order valence-electron chi connectivity index (χ2n) is 5.62. The zero-order chi connectivity index (χ0) is 17.5. The Balaban J connectivity index is 1.98. The molecule has 1 aromatic rings. The molecule has 130 valence electrons. The number of hydrogen-bond acceptors (Lipinski definition) is 5. The highest BCUT2D eigenvalue weighted by molar-refractivity contribution is 5.97. The van der Waals surface area contributed by atoms with Crippen LogP contribution >= 0.6 is 0 Å². The number of nitrogens with zero attached hydrogens (tertiary/aromatic N) is 2. The third kappa shape index (κ3) is 4.43. The molecule has 1 aliphatic heterocycles. The largest absolute Gasteiger partial charge is 0.490 e. The van der Waals surface area contributed by atoms with Gasteiger partial charge >= 0.3 is 5.69 Å². The van der Waals surface area contributed by atoms with E-state index in [0.717, 1.165) is 31.7 Å². The molecule has 0 spiro atoms. The Morgan fingerprint density at radius 1 is 1.25 bits per heavy atom. The molecule has 8 heteroatoms. The number of rotatable bonds is 5. The van der Waals surface area contributed by atoms with Crippen LogP contribution < -0.4 is 10.1 Å². The Labute approximate surface area is 139 Å². The van der Waals surface area contributed by atoms with Gasteiger partial charge in [-0.2, -0.15) is 0 Å². The smallest absolute Gasteiger partial charge is 0.311 e. The van der Waals surface area contributed by atoms with Crippen LogP contribution in [0.15, 0.2) is 18.2 Å². The van der Waals surface area contributed by atoms with Gasteiger partial charge in [0.25, 0.3) is 5.91 Å². The van der Waals surface area contributed by atoms with E-state index in [0.29, 0.717) is 13.1 Å². The van der Waals surface area contributed by atoms with Crippen LogP contribution in [0.5, 0.6) is 5.75 Å². The van der Waals surface area contributed by atoms with E-state index in [4.69, 9.17) is 4.74 Å². The Kier molecular flexibility index (Phi) is 6.11. The number of nitro groups is 1. The molecule has 1 N–H and O–H groups in total. The molecule has 0 aromatic heterocycles. The van der Waals surface area contributed by atoms with Crippen molar-refractivity contribution >= 4 is 17.5 Å². The van der Waals surface area contributed by atoms with Gasteiger partial charge in [-0.15, -0.1) is 0 Å². The minimum absolute atomic E-state index is 0.0807. The third-order valence-electron chi connectivity index (χ3n) is 4.00. The molecule has 24 heavy (non-hydrogen) atoms. The van der Waals surface area contributed by atoms with Crippen molar-refractivity contribution in [1.82, 2.24) is 10.2 Å². The van der Waals surface area contributed by atoms with Crippen LogP contribution in [0.4, 0.5) is 5.69 Å². The van der Waals surface area contributed by atoms with Crippen LogP contribution in [0, 0.1) is 10.1 Å². The number of benzene rings is 1. The molecule has 0 aliphatic carbocycles. The summed E-state index contributed by atoms with van der Waals surface area (Å²) in [4.78, 5) is 36.4. The van der Waals surface area contributed by atoms with Crippen molar-refractivity contribution < 1.29 is 19.2 Å². The minimum atomic E-state index is -0.613. The van der Waals surface area contributed by atoms with Gasteiger partial charge in [0.15, 0.2) is 5.75 Å². The number of likely N-dealkylation sites (tertiary alicyclic amines) is 1. The number of amides is 2. The Morgan fingerprint density at radius 2 is 1.92 bits per heavy atom. The van der Waals surface area contributed by atoms with Gasteiger partial charge in [-0.25, -0.2) is 0 Å². The Bertz CT molecular complexity index is 624. The van der Waals surface area contributed by atoms with E-state index < -0.39 is 10.8 Å². The van der Waals surface area contributed by atoms with E-state index >= 15 is 0 Å². The van der Waals surface area contributed by atoms with Crippen LogP contribution in [-0.4, -0.2) is 48.4 Å². The van der Waals surface area contributed by atoms with Gasteiger partial charge in [0.05, 0.1) is 18.6 Å². The summed E-state index contributed by atoms with van der Waals surface area (Å²) in [5, 5.41) is 13.5. The molecule has 0 radical (unpaired) electrons. The first kappa shape index (κ1) is 17.7. The van der Waals surface area contributed by atoms with E-state index in [2.05, 4.69) is 5.32 Å². The molecule has 1 fully saturated rings. The SMILES string of the molecule is COc1ccc(C(=O)NCC(=O)N2CCCCCC2)cc1[N+](=O)[O-]. The standard InChI is InChI=1S/C16H21N3O5/c1-24-14-7-6-12(10-13(14)19(22)23)16(21)17-11-15(20)18-8-4-2-3-5-9-18/h6-7,10H,2-5,8-9,11H2,1H3,(H,17,21). The fourth-order valence-electron chi connectivity index (χ4n) is 2.66. The molecule has 0 saturated carbocycles. The summed E-state index contributed by atoms with van der Waals surface area (Å²) >= 11 is 0. The number of hydrogen-bond donors (Lipinski definition) is 1. The van der Waals surface area contributed by atoms with Crippen molar-refractivity contribution in [3.63, 3.8) is 0 Å². The lowest BCUT2D eigenvalue weighted by Crippen LogP contribution is -2.40. The highest BCUT2D eigenvalue weighted by Crippen LogP contribution is 2.27. The Hall–Kier alpha value is -2.64. The maximum Gasteiger partial charge on any atom is 0.311 e. The lowest BCUT2D eigenvalue weighted by Gasteiger charge is -2.20. The van der Waals surface area contributed by atoms with Crippen molar-refractivity contribution in [2.75, 3.05) is 26.7 Å². The minimum Gasteiger partial charge on any atom is -0.490 e. The maximum atomic E-state index is 12.1. The molecule has 2 rings (SSSR count). The molecule has 1 aliphatic rings. The second-order valence-corrected chi connectivity index (χ2v) is 5.62. The van der Waals surface area contributed by atoms with Crippen LogP contribution in [-0.2, 0) is 4.79 Å². The van der Waals surface area contributed by atoms with Gasteiger partial charge in [0.2, 0.25) is 5.91 Å². The second kappa shape index (κ2) is 8.28. The predicted molar refractivity (Wildman–Crippen MR) is 87.0 cm³/mol. The maximum absolute atomic E-state index is 12.1. The number of methoxy groups -OCH3 is 1. The number of ether oxygens (including phenoxy) is 1. The van der Waals surface area contributed by atoms with Crippen molar-refractivity contribution in [2.45, 2.75) is 25.7 Å². The molecular weight excluding hydrogens is 314 g/mol. The van der Waals surface area contributed by atoms with Gasteiger partial charge in [-0.3, -0.25) is 19.7 Å². The van der Waals surface area contributed by atoms with E-state index in [9.17, 15) is 19.7 Å². The van der Waals surface area contributed by atoms with Crippen molar-refractivity contribution in [3.8, 4) is 5.75 Å². The van der Waals surface area contributed by atoms with Crippen molar-refractivity contribution in [2.24, 2.45) is 0 Å². The number of carbonyl (C=O) groups is 2. The molecule has 0 atom stereocenters. The fourth-order valence-corrected chi connectivity index (χ4v) is 2.66. The first-order valence-corrected chi connectivity index (χ1v) is 7.91. The first-order chi connectivity index (χ1) is 11.5. The number of nitrogens with one attached hydrogen (secondary N) is 1. The zero-order valence-corrected chi connectivity index (χ0v) is 13.6. The quantitative estimate of drug-likeness (QED) is 0.652. The lowest BCUT2D eigenvalue weighted by atomic mass is 10.1. The number of nitro benzene ring substituents is 1. The number of carbonyl (C=O) groups excluding carboxylic acids is 2. The highest BCUT2D eigenvalue weighted by atomic mass is 16.6. The first-order valence-electron chi connectivity index (χ1n) is 7.91. The summed E-state index contributed by atoms with van der Waals surface area (Å²) in [5.74, 6) is -0.575. The highest BCUT2D eigenvalue weighted by Gasteiger charge is 2.20. The third-order valence-corrected chi connectivity index (χ3v) is 4.00. The monoisotopic (exact) mass is 335 g/mol. The van der Waals surface area contributed by atoms with E-state index in [1.165, 1.54) is 19.2 Å². The predicted octanol–water partition coefficient (Wildman–Crippen LogP) is 1.74. The zero-order valence-electron chi connectivity index (χ0n) is 13.6. The van der Waals surface area contributed by atoms with Crippen molar-refractivity contribution in [3.05, 3.63) is 33.9 Å². The van der Waals surface area contributed by atoms with Crippen LogP contribution in [0.1, 0.15) is 36.0 Å². The average molecular weight is 335 g/mol. The fraction of sp³-hybridized carbons (Fsp3) is 0.500. The van der Waals surface area contributed by atoms with Gasteiger partial charge in [0.1, 0.15) is 0 Å². The van der Waals surface area contributed by atoms with Gasteiger partial charge in [-0.1, -0.05) is 12.8 Å². The molecule has 2 amide bonds. The molecule has 8 nitrogen and oxygen atoms in total. The average Bonchev–Trinajstić information content (AvgIpc) is 2.88. The Morgan fingerprint density at radius 3 is 2.50 bits per heavy atom. The normalized spacial score (nSPS) is 14.6. The van der Waals surface area contributed by atoms with Crippen LogP contribution in [0.3, 0.4) is 0 Å². The van der Waals surface area contributed by atoms with Crippen LogP contribution in [0.2, 0.25) is 0 Å². The summed E-state index contributed by atoms with van der Waals surface area (Å²) in [5.41, 5.74) is -0.171. The van der Waals surface area contributed by atoms with Gasteiger partial charge in [-0.05, 0) is 25.0 Å². The molecule has 1 heterocycles. The molecule has 0 unspecified atom stereocenters. The van der Waals surface area contributed by atoms with Gasteiger partial charge < -0.3 is 15.0 Å². The molecule has 0 bridgehead atoms. The van der Waals surface area contributed by atoms with Crippen LogP contribution in [0.25, 0.3) is 0 Å². The molecule has 1 saturated heterocycles. The summed E-state index contributed by atoms with van der Waals surface area (Å²) in [6, 6.07) is 3.94. The molecular formula is C16H21N3O5. The lowest BCUT2D eigenvalue weighted by molar-refractivity contribution is -0.385. The van der Waals surface area contributed by atoms with Gasteiger partial charge in [0, 0.05) is 24.7 Å². The van der Waals surface area contributed by atoms with E-state index in [-0.39, 0.29) is 29.5 Å². The summed E-state index contributed by atoms with van der Waals surface area (Å²) in [6.07, 6.45) is 4.19.